The molecule has 0 heterocycles. The van der Waals surface area contributed by atoms with Crippen molar-refractivity contribution >= 4 is 5.71 Å². The number of aliphatic hydroxyl groups is 1. The van der Waals surface area contributed by atoms with Crippen molar-refractivity contribution < 1.29 is 9.59 Å². The smallest absolute Gasteiger partial charge is 0.0501 e. The summed E-state index contributed by atoms with van der Waals surface area (Å²) in [5.41, 5.74) is 0.336. The van der Waals surface area contributed by atoms with E-state index >= 15 is 0 Å². The van der Waals surface area contributed by atoms with Gasteiger partial charge in [-0.3, -0.25) is 0 Å². The van der Waals surface area contributed by atoms with Gasteiger partial charge in [0.05, 0.1) is 5.71 Å². The molecule has 42 valence electrons. The zero-order valence-corrected chi connectivity index (χ0v) is 4.19. The molecule has 7 heavy (non-hydrogen) atoms. The van der Waals surface area contributed by atoms with Gasteiger partial charge in [-0.25, -0.2) is 0 Å². The summed E-state index contributed by atoms with van der Waals surface area (Å²) in [6.45, 7) is 1.50. The lowest BCUT2D eigenvalue weighted by atomic mass is 10.3. The molecule has 0 aromatic rings. The summed E-state index contributed by atoms with van der Waals surface area (Å²) in [7, 11) is 0. The summed E-state index contributed by atoms with van der Waals surface area (Å²) < 4.78 is 11.1. The van der Waals surface area contributed by atoms with Crippen molar-refractivity contribution in [3.05, 3.63) is 0 Å². The van der Waals surface area contributed by atoms with Crippen LogP contribution in [-0.4, -0.2) is 17.4 Å². The Balaban J connectivity index is 3.17. The van der Waals surface area contributed by atoms with Gasteiger partial charge < -0.3 is 5.11 Å². The maximum absolute atomic E-state index is 11.1. The Morgan fingerprint density at radius 3 is 2.57 bits per heavy atom. The second-order valence-corrected chi connectivity index (χ2v) is 1.29. The Morgan fingerprint density at radius 1 is 1.86 bits per heavy atom. The van der Waals surface area contributed by atoms with Crippen LogP contribution in [-0.2, 0) is 0 Å². The molecule has 0 fully saturated rings. The number of hydrogen-bond donors (Lipinski definition) is 1. The Morgan fingerprint density at radius 2 is 2.43 bits per heavy atom. The molecule has 0 bridgehead atoms. The first-order valence-corrected chi connectivity index (χ1v) is 2.06. The van der Waals surface area contributed by atoms with E-state index in [1.165, 1.54) is 6.92 Å². The van der Waals surface area contributed by atoms with E-state index in [1.807, 2.05) is 0 Å². The van der Waals surface area contributed by atoms with Gasteiger partial charge in [0.25, 0.3) is 0 Å². The minimum Gasteiger partial charge on any atom is -0.396 e. The molecule has 0 aliphatic heterocycles. The van der Waals surface area contributed by atoms with Crippen LogP contribution in [0.4, 0.5) is 4.48 Å². The largest absolute Gasteiger partial charge is 0.396 e. The van der Waals surface area contributed by atoms with Gasteiger partial charge in [0.15, 0.2) is 0 Å². The lowest BCUT2D eigenvalue weighted by molar-refractivity contribution is 0.306. The fourth-order valence-electron chi connectivity index (χ4n) is 0.204. The molecule has 0 aliphatic carbocycles. The summed E-state index contributed by atoms with van der Waals surface area (Å²) in [6, 6.07) is 0. The summed E-state index contributed by atoms with van der Waals surface area (Å²) >= 11 is 0. The molecule has 3 heteroatoms. The quantitative estimate of drug-likeness (QED) is 0.515. The highest BCUT2D eigenvalue weighted by atomic mass is 19.2. The summed E-state index contributed by atoms with van der Waals surface area (Å²) in [4.78, 5) is 0. The molecule has 2 nitrogen and oxygen atoms in total. The highest BCUT2D eigenvalue weighted by molar-refractivity contribution is 5.81. The number of halogens is 1. The first-order chi connectivity index (χ1) is 3.31. The lowest BCUT2D eigenvalue weighted by Gasteiger charge is -1.86. The summed E-state index contributed by atoms with van der Waals surface area (Å²) in [6.07, 6.45) is 0.330. The van der Waals surface area contributed by atoms with E-state index in [4.69, 9.17) is 5.11 Å². The lowest BCUT2D eigenvalue weighted by Crippen LogP contribution is -1.92. The van der Waals surface area contributed by atoms with Crippen LogP contribution in [0.1, 0.15) is 13.3 Å². The van der Waals surface area contributed by atoms with Gasteiger partial charge >= 0.3 is 0 Å². The molecule has 0 rings (SSSR count). The van der Waals surface area contributed by atoms with E-state index in [0.717, 1.165) is 0 Å². The van der Waals surface area contributed by atoms with E-state index in [2.05, 4.69) is 5.21 Å². The van der Waals surface area contributed by atoms with Crippen molar-refractivity contribution in [2.24, 2.45) is 5.21 Å². The predicted octanol–water partition coefficient (Wildman–Crippen LogP) is 0.714. The number of rotatable bonds is 2. The molecule has 0 saturated heterocycles. The van der Waals surface area contributed by atoms with Crippen LogP contribution < -0.4 is 0 Å². The third-order valence-electron chi connectivity index (χ3n) is 0.618. The van der Waals surface area contributed by atoms with Gasteiger partial charge in [-0.05, 0) is 6.92 Å². The topological polar surface area (TPSA) is 32.6 Å². The molecule has 0 aromatic heterocycles. The Hall–Kier alpha value is -0.440. The molecule has 0 saturated carbocycles. The monoisotopic (exact) mass is 105 g/mol. The van der Waals surface area contributed by atoms with Crippen molar-refractivity contribution in [1.82, 2.24) is 0 Å². The molecule has 0 amide bonds. The highest BCUT2D eigenvalue weighted by Crippen LogP contribution is 1.83. The Kier molecular flexibility index (Phi) is 3.50. The van der Waals surface area contributed by atoms with Crippen molar-refractivity contribution in [2.75, 3.05) is 6.61 Å². The van der Waals surface area contributed by atoms with Crippen molar-refractivity contribution in [3.8, 4) is 0 Å². The van der Waals surface area contributed by atoms with Crippen LogP contribution in [0.5, 0.6) is 0 Å². The van der Waals surface area contributed by atoms with E-state index < -0.39 is 0 Å². The highest BCUT2D eigenvalue weighted by Gasteiger charge is 1.85. The van der Waals surface area contributed by atoms with E-state index in [1.54, 1.807) is 0 Å². The first kappa shape index (κ1) is 6.56. The standard InChI is InChI=1S/C4H8FNO/c1-4(6-5)2-3-7/h7H,2-3H2,1H3/b6-4+. The average molecular weight is 105 g/mol. The predicted molar refractivity (Wildman–Crippen MR) is 25.9 cm³/mol. The Bertz CT molecular complexity index is 72.1. The third-order valence-corrected chi connectivity index (χ3v) is 0.618. The molecule has 0 aliphatic rings. The summed E-state index contributed by atoms with van der Waals surface area (Å²) in [5, 5.41) is 10.5. The molecular weight excluding hydrogens is 97.0 g/mol. The molecule has 1 N–H and O–H groups in total. The van der Waals surface area contributed by atoms with Gasteiger partial charge in [0.1, 0.15) is 0 Å². The van der Waals surface area contributed by atoms with Crippen LogP contribution in [0.2, 0.25) is 0 Å². The fourth-order valence-corrected chi connectivity index (χ4v) is 0.204. The van der Waals surface area contributed by atoms with Crippen molar-refractivity contribution in [3.63, 3.8) is 0 Å². The Labute approximate surface area is 41.6 Å². The van der Waals surface area contributed by atoms with Crippen LogP contribution >= 0.6 is 0 Å². The number of nitrogens with zero attached hydrogens (tertiary/aromatic N) is 1. The maximum atomic E-state index is 11.1. The third kappa shape index (κ3) is 3.39. The second kappa shape index (κ2) is 3.74. The van der Waals surface area contributed by atoms with Crippen LogP contribution in [0, 0.1) is 0 Å². The molecule has 0 aromatic carbocycles. The van der Waals surface area contributed by atoms with Gasteiger partial charge in [0, 0.05) is 13.0 Å². The zero-order valence-electron chi connectivity index (χ0n) is 4.19. The number of aliphatic hydroxyl groups excluding tert-OH is 1. The van der Waals surface area contributed by atoms with Gasteiger partial charge in [0.2, 0.25) is 0 Å². The van der Waals surface area contributed by atoms with Gasteiger partial charge in [-0.1, -0.05) is 9.70 Å². The van der Waals surface area contributed by atoms with Gasteiger partial charge in [-0.2, -0.15) is 0 Å². The average Bonchev–Trinajstić information content (AvgIpc) is 1.68. The first-order valence-electron chi connectivity index (χ1n) is 2.06. The van der Waals surface area contributed by atoms with E-state index in [-0.39, 0.29) is 6.61 Å². The fraction of sp³-hybridized carbons (Fsp3) is 0.750. The van der Waals surface area contributed by atoms with E-state index in [9.17, 15) is 4.48 Å². The summed E-state index contributed by atoms with van der Waals surface area (Å²) in [5.74, 6) is 0. The van der Waals surface area contributed by atoms with Crippen molar-refractivity contribution in [2.45, 2.75) is 13.3 Å². The molecule has 0 radical (unpaired) electrons. The minimum atomic E-state index is -0.0285. The van der Waals surface area contributed by atoms with E-state index in [0.29, 0.717) is 12.1 Å². The normalized spacial score (nSPS) is 12.1. The van der Waals surface area contributed by atoms with Gasteiger partial charge in [-0.15, -0.1) is 0 Å². The molecule has 0 unspecified atom stereocenters. The van der Waals surface area contributed by atoms with Crippen LogP contribution in [0.15, 0.2) is 5.21 Å². The minimum absolute atomic E-state index is 0.0285. The molecule has 0 atom stereocenters. The number of hydrogen-bond acceptors (Lipinski definition) is 2. The van der Waals surface area contributed by atoms with Crippen LogP contribution in [0.3, 0.4) is 0 Å². The zero-order chi connectivity index (χ0) is 5.70. The second-order valence-electron chi connectivity index (χ2n) is 1.29. The molecular formula is C4H8FNO. The maximum Gasteiger partial charge on any atom is 0.0501 e. The van der Waals surface area contributed by atoms with Crippen LogP contribution in [0.25, 0.3) is 0 Å². The van der Waals surface area contributed by atoms with Crippen molar-refractivity contribution in [1.29, 1.82) is 0 Å². The molecule has 0 spiro atoms. The SMILES string of the molecule is C/C(CCO)=N\F.